The fourth-order valence-corrected chi connectivity index (χ4v) is 3.10. The van der Waals surface area contributed by atoms with E-state index in [1.54, 1.807) is 0 Å². The Hall–Kier alpha value is -0.990. The minimum Gasteiger partial charge on any atom is -0.457 e. The van der Waals surface area contributed by atoms with Crippen molar-refractivity contribution in [2.75, 3.05) is 0 Å². The molecular formula is C16H14BrClO. The fraction of sp³-hybridized carbons (Fsp3) is 0.250. The Morgan fingerprint density at radius 1 is 1.05 bits per heavy atom. The third-order valence-electron chi connectivity index (χ3n) is 3.47. The molecule has 98 valence electrons. The van der Waals surface area contributed by atoms with Gasteiger partial charge in [-0.05, 0) is 54.7 Å². The van der Waals surface area contributed by atoms with Crippen molar-refractivity contribution in [2.45, 2.75) is 24.6 Å². The molecule has 0 radical (unpaired) electrons. The van der Waals surface area contributed by atoms with Crippen LogP contribution in [0, 0.1) is 0 Å². The molecule has 2 aromatic rings. The maximum atomic E-state index is 6.04. The number of alkyl halides is 1. The summed E-state index contributed by atoms with van der Waals surface area (Å²) in [5.41, 5.74) is 3.98. The van der Waals surface area contributed by atoms with Crippen LogP contribution in [-0.4, -0.2) is 0 Å². The third-order valence-corrected chi connectivity index (χ3v) is 4.31. The molecule has 1 aliphatic rings. The largest absolute Gasteiger partial charge is 0.457 e. The van der Waals surface area contributed by atoms with E-state index >= 15 is 0 Å². The summed E-state index contributed by atoms with van der Waals surface area (Å²) in [4.78, 5) is 0. The molecule has 2 aromatic carbocycles. The average Bonchev–Trinajstić information content (AvgIpc) is 2.86. The summed E-state index contributed by atoms with van der Waals surface area (Å²) in [7, 11) is 0. The fourth-order valence-electron chi connectivity index (χ4n) is 2.47. The molecular weight excluding hydrogens is 324 g/mol. The zero-order chi connectivity index (χ0) is 13.2. The van der Waals surface area contributed by atoms with Crippen molar-refractivity contribution in [3.8, 4) is 11.5 Å². The van der Waals surface area contributed by atoms with Crippen molar-refractivity contribution in [3.05, 3.63) is 58.1 Å². The van der Waals surface area contributed by atoms with Gasteiger partial charge in [-0.3, -0.25) is 0 Å². The van der Waals surface area contributed by atoms with Gasteiger partial charge in [0.05, 0.1) is 0 Å². The van der Waals surface area contributed by atoms with Crippen LogP contribution in [-0.2, 0) is 18.2 Å². The van der Waals surface area contributed by atoms with E-state index in [2.05, 4.69) is 28.1 Å². The second-order valence-electron chi connectivity index (χ2n) is 4.77. The number of fused-ring (bicyclic) bond motifs is 1. The van der Waals surface area contributed by atoms with E-state index in [4.69, 9.17) is 16.3 Å². The number of ether oxygens (including phenoxy) is 1. The van der Waals surface area contributed by atoms with Gasteiger partial charge in [0.25, 0.3) is 0 Å². The Bertz CT molecular complexity index is 610. The predicted octanol–water partition coefficient (Wildman–Crippen LogP) is 5.52. The lowest BCUT2D eigenvalue weighted by Gasteiger charge is -2.11. The minimum atomic E-state index is 0.695. The van der Waals surface area contributed by atoms with E-state index in [1.165, 1.54) is 24.0 Å². The Kier molecular flexibility index (Phi) is 3.81. The van der Waals surface area contributed by atoms with Crippen molar-refractivity contribution in [3.63, 3.8) is 0 Å². The Morgan fingerprint density at radius 3 is 2.74 bits per heavy atom. The smallest absolute Gasteiger partial charge is 0.132 e. The summed E-state index contributed by atoms with van der Waals surface area (Å²) in [6, 6.07) is 12.1. The number of hydrogen-bond donors (Lipinski definition) is 0. The lowest BCUT2D eigenvalue weighted by Crippen LogP contribution is -1.91. The van der Waals surface area contributed by atoms with E-state index in [9.17, 15) is 0 Å². The maximum absolute atomic E-state index is 6.04. The van der Waals surface area contributed by atoms with Crippen LogP contribution in [0.1, 0.15) is 23.1 Å². The van der Waals surface area contributed by atoms with Crippen LogP contribution >= 0.6 is 27.5 Å². The quantitative estimate of drug-likeness (QED) is 0.670. The summed E-state index contributed by atoms with van der Waals surface area (Å²) >= 11 is 9.51. The standard InChI is InChI=1S/C16H14BrClO/c17-10-13-4-6-14(18)9-16(13)19-15-7-5-11-2-1-3-12(11)8-15/h4-9H,1-3,10H2. The average molecular weight is 338 g/mol. The molecule has 1 nitrogen and oxygen atoms in total. The molecule has 0 fully saturated rings. The highest BCUT2D eigenvalue weighted by atomic mass is 79.9. The number of rotatable bonds is 3. The zero-order valence-electron chi connectivity index (χ0n) is 10.5. The zero-order valence-corrected chi connectivity index (χ0v) is 12.8. The molecule has 3 heteroatoms. The molecule has 0 aromatic heterocycles. The van der Waals surface area contributed by atoms with Gasteiger partial charge in [0, 0.05) is 15.9 Å². The second-order valence-corrected chi connectivity index (χ2v) is 5.77. The van der Waals surface area contributed by atoms with Gasteiger partial charge in [-0.15, -0.1) is 0 Å². The van der Waals surface area contributed by atoms with Crippen LogP contribution in [0.5, 0.6) is 11.5 Å². The first-order chi connectivity index (χ1) is 9.26. The molecule has 0 aliphatic heterocycles. The Morgan fingerprint density at radius 2 is 1.89 bits per heavy atom. The summed E-state index contributed by atoms with van der Waals surface area (Å²) in [6.45, 7) is 0. The van der Waals surface area contributed by atoms with Gasteiger partial charge in [-0.1, -0.05) is 39.7 Å². The Labute approximate surface area is 126 Å². The summed E-state index contributed by atoms with van der Waals surface area (Å²) in [6.07, 6.45) is 3.61. The van der Waals surface area contributed by atoms with Crippen molar-refractivity contribution in [1.29, 1.82) is 0 Å². The summed E-state index contributed by atoms with van der Waals surface area (Å²) in [5.74, 6) is 1.72. The highest BCUT2D eigenvalue weighted by Crippen LogP contribution is 2.32. The highest BCUT2D eigenvalue weighted by molar-refractivity contribution is 9.08. The van der Waals surface area contributed by atoms with E-state index in [0.717, 1.165) is 28.8 Å². The number of hydrogen-bond acceptors (Lipinski definition) is 1. The molecule has 0 unspecified atom stereocenters. The Balaban J connectivity index is 1.90. The van der Waals surface area contributed by atoms with Crippen molar-refractivity contribution >= 4 is 27.5 Å². The number of benzene rings is 2. The van der Waals surface area contributed by atoms with Crippen molar-refractivity contribution in [1.82, 2.24) is 0 Å². The van der Waals surface area contributed by atoms with E-state index in [0.29, 0.717) is 5.02 Å². The normalized spacial score (nSPS) is 13.4. The second kappa shape index (κ2) is 5.56. The minimum absolute atomic E-state index is 0.695. The van der Waals surface area contributed by atoms with Gasteiger partial charge in [0.1, 0.15) is 11.5 Å². The predicted molar refractivity (Wildman–Crippen MR) is 82.6 cm³/mol. The summed E-state index contributed by atoms with van der Waals surface area (Å²) in [5, 5.41) is 1.45. The van der Waals surface area contributed by atoms with Gasteiger partial charge < -0.3 is 4.74 Å². The van der Waals surface area contributed by atoms with Crippen molar-refractivity contribution in [2.24, 2.45) is 0 Å². The van der Waals surface area contributed by atoms with Gasteiger partial charge in [0.2, 0.25) is 0 Å². The van der Waals surface area contributed by atoms with Crippen LogP contribution in [0.15, 0.2) is 36.4 Å². The molecule has 0 spiro atoms. The van der Waals surface area contributed by atoms with Crippen LogP contribution < -0.4 is 4.74 Å². The topological polar surface area (TPSA) is 9.23 Å². The molecule has 0 amide bonds. The first kappa shape index (κ1) is 13.0. The van der Waals surface area contributed by atoms with Gasteiger partial charge in [-0.2, -0.15) is 0 Å². The molecule has 0 bridgehead atoms. The molecule has 3 rings (SSSR count). The molecule has 19 heavy (non-hydrogen) atoms. The van der Waals surface area contributed by atoms with E-state index < -0.39 is 0 Å². The highest BCUT2D eigenvalue weighted by Gasteiger charge is 2.12. The molecule has 0 saturated heterocycles. The molecule has 0 N–H and O–H groups in total. The maximum Gasteiger partial charge on any atom is 0.132 e. The van der Waals surface area contributed by atoms with Crippen LogP contribution in [0.3, 0.4) is 0 Å². The van der Waals surface area contributed by atoms with E-state index in [1.807, 2.05) is 24.3 Å². The van der Waals surface area contributed by atoms with Crippen LogP contribution in [0.25, 0.3) is 0 Å². The summed E-state index contributed by atoms with van der Waals surface area (Å²) < 4.78 is 5.99. The molecule has 0 atom stereocenters. The monoisotopic (exact) mass is 336 g/mol. The molecule has 0 saturated carbocycles. The van der Waals surface area contributed by atoms with Gasteiger partial charge >= 0.3 is 0 Å². The third kappa shape index (κ3) is 2.80. The SMILES string of the molecule is Clc1ccc(CBr)c(Oc2ccc3c(c2)CCC3)c1. The number of halogens is 2. The van der Waals surface area contributed by atoms with Crippen molar-refractivity contribution < 1.29 is 4.74 Å². The first-order valence-corrected chi connectivity index (χ1v) is 7.90. The van der Waals surface area contributed by atoms with Crippen LogP contribution in [0.4, 0.5) is 0 Å². The lowest BCUT2D eigenvalue weighted by atomic mass is 10.1. The lowest BCUT2D eigenvalue weighted by molar-refractivity contribution is 0.478. The van der Waals surface area contributed by atoms with E-state index in [-0.39, 0.29) is 0 Å². The van der Waals surface area contributed by atoms with Gasteiger partial charge in [-0.25, -0.2) is 0 Å². The molecule has 1 aliphatic carbocycles. The molecule has 0 heterocycles. The van der Waals surface area contributed by atoms with Gasteiger partial charge in [0.15, 0.2) is 0 Å². The van der Waals surface area contributed by atoms with Crippen LogP contribution in [0.2, 0.25) is 5.02 Å². The number of aryl methyl sites for hydroxylation is 2. The first-order valence-electron chi connectivity index (χ1n) is 6.40.